The Labute approximate surface area is 209 Å². The minimum Gasteiger partial charge on any atom is -0.423 e. The van der Waals surface area contributed by atoms with Crippen LogP contribution in [-0.4, -0.2) is 34.0 Å². The first-order valence-electron chi connectivity index (χ1n) is 12.6. The predicted molar refractivity (Wildman–Crippen MR) is 134 cm³/mol. The molecule has 1 atom stereocenters. The molecule has 3 aromatic rings. The lowest BCUT2D eigenvalue weighted by Gasteiger charge is -2.40. The number of nitrogens with zero attached hydrogens (tertiary/aromatic N) is 1. The van der Waals surface area contributed by atoms with Gasteiger partial charge in [0.05, 0.1) is 11.6 Å². The van der Waals surface area contributed by atoms with Gasteiger partial charge in [-0.15, -0.1) is 0 Å². The Morgan fingerprint density at radius 3 is 2.26 bits per heavy atom. The van der Waals surface area contributed by atoms with Crippen molar-refractivity contribution in [3.05, 3.63) is 100 Å². The van der Waals surface area contributed by atoms with E-state index in [9.17, 15) is 24.0 Å². The Hall–Kier alpha value is -3.49. The highest BCUT2D eigenvalue weighted by atomic mass is 19.1. The van der Waals surface area contributed by atoms with Crippen LogP contribution in [0.15, 0.2) is 66.7 Å². The summed E-state index contributed by atoms with van der Waals surface area (Å²) < 4.78 is 38.2. The van der Waals surface area contributed by atoms with Crippen LogP contribution in [0.1, 0.15) is 68.3 Å². The summed E-state index contributed by atoms with van der Waals surface area (Å²) in [5.41, 5.74) is 2.61. The number of rotatable bonds is 5. The molecule has 0 heterocycles. The van der Waals surface area contributed by atoms with E-state index in [4.69, 9.17) is 4.11 Å². The van der Waals surface area contributed by atoms with Gasteiger partial charge >= 0.3 is 7.12 Å². The fraction of sp³-hybridized carbons (Fsp3) is 0.259. The maximum Gasteiger partial charge on any atom is 0.488 e. The number of hydrogen-bond acceptors (Lipinski definition) is 4. The number of aryl methyl sites for hydroxylation is 2. The smallest absolute Gasteiger partial charge is 0.423 e. The molecule has 1 unspecified atom stereocenters. The highest BCUT2D eigenvalue weighted by Crippen LogP contribution is 2.38. The lowest BCUT2D eigenvalue weighted by Crippen LogP contribution is -2.52. The van der Waals surface area contributed by atoms with E-state index in [1.165, 1.54) is 24.3 Å². The number of hydrogen-bond donors (Lipinski definition) is 3. The summed E-state index contributed by atoms with van der Waals surface area (Å²) in [6.45, 7) is 4.83. The zero-order valence-electron chi connectivity index (χ0n) is 23.0. The monoisotopic (exact) mass is 479 g/mol. The fourth-order valence-corrected chi connectivity index (χ4v) is 4.00. The standard InChI is InChI=1S/C27H30BFN2O4/c1-17-13-18(2)15-20(14-17)26(33)31(24(27(3,4)5)19-9-7-6-8-10-19)30-25(32)22-12-11-21(28(34)35)16-23(22)29/h6-16,24,34-35H,1-5H3,(H,30,32)/i1D3. The Kier molecular flexibility index (Phi) is 6.55. The van der Waals surface area contributed by atoms with E-state index >= 15 is 0 Å². The summed E-state index contributed by atoms with van der Waals surface area (Å²) >= 11 is 0. The third-order valence-corrected chi connectivity index (χ3v) is 5.49. The largest absolute Gasteiger partial charge is 0.488 e. The summed E-state index contributed by atoms with van der Waals surface area (Å²) in [4.78, 5) is 27.3. The Balaban J connectivity index is 2.15. The zero-order valence-corrected chi connectivity index (χ0v) is 20.0. The van der Waals surface area contributed by atoms with E-state index in [1.54, 1.807) is 31.2 Å². The quantitative estimate of drug-likeness (QED) is 0.385. The highest BCUT2D eigenvalue weighted by molar-refractivity contribution is 6.58. The lowest BCUT2D eigenvalue weighted by molar-refractivity contribution is 0.0287. The van der Waals surface area contributed by atoms with Gasteiger partial charge in [0.25, 0.3) is 11.8 Å². The minimum atomic E-state index is -2.46. The van der Waals surface area contributed by atoms with E-state index in [0.717, 1.165) is 17.1 Å². The fourth-order valence-electron chi connectivity index (χ4n) is 4.00. The number of benzene rings is 3. The number of carbonyl (C=O) groups is 2. The van der Waals surface area contributed by atoms with Gasteiger partial charge in [0.2, 0.25) is 0 Å². The van der Waals surface area contributed by atoms with Gasteiger partial charge in [0, 0.05) is 9.68 Å². The van der Waals surface area contributed by atoms with E-state index in [1.807, 2.05) is 26.8 Å². The molecule has 0 fully saturated rings. The van der Waals surface area contributed by atoms with Gasteiger partial charge in [-0.05, 0) is 54.5 Å². The normalized spacial score (nSPS) is 13.7. The molecular formula is C27H30BFN2O4. The number of hydrazine groups is 1. The Bertz CT molecular complexity index is 1330. The summed E-state index contributed by atoms with van der Waals surface area (Å²) in [7, 11) is -1.92. The minimum absolute atomic E-state index is 0.0247. The lowest BCUT2D eigenvalue weighted by atomic mass is 9.80. The maximum atomic E-state index is 14.8. The van der Waals surface area contributed by atoms with Crippen molar-refractivity contribution in [3.63, 3.8) is 0 Å². The topological polar surface area (TPSA) is 89.9 Å². The molecule has 0 aliphatic rings. The molecular weight excluding hydrogens is 446 g/mol. The molecule has 0 aliphatic heterocycles. The highest BCUT2D eigenvalue weighted by Gasteiger charge is 2.37. The van der Waals surface area contributed by atoms with Crippen LogP contribution in [0, 0.1) is 25.0 Å². The van der Waals surface area contributed by atoms with Crippen LogP contribution in [0.25, 0.3) is 0 Å². The van der Waals surface area contributed by atoms with Gasteiger partial charge in [0.1, 0.15) is 5.82 Å². The zero-order chi connectivity index (χ0) is 28.4. The van der Waals surface area contributed by atoms with Crippen LogP contribution in [0.3, 0.4) is 0 Å². The van der Waals surface area contributed by atoms with Crippen LogP contribution in [-0.2, 0) is 0 Å². The number of amides is 2. The molecule has 35 heavy (non-hydrogen) atoms. The summed E-state index contributed by atoms with van der Waals surface area (Å²) in [5.74, 6) is -2.63. The van der Waals surface area contributed by atoms with Crippen molar-refractivity contribution < 1.29 is 28.1 Å². The maximum absolute atomic E-state index is 14.8. The SMILES string of the molecule is [2H]C([2H])([2H])c1cc(C)cc(C(=O)N(NC(=O)c2ccc(B(O)O)cc2F)C(c2ccccc2)C(C)(C)C)c1. The molecule has 8 heteroatoms. The Morgan fingerprint density at radius 1 is 1.03 bits per heavy atom. The van der Waals surface area contributed by atoms with Gasteiger partial charge in [-0.25, -0.2) is 9.40 Å². The molecule has 6 nitrogen and oxygen atoms in total. The van der Waals surface area contributed by atoms with E-state index < -0.39 is 48.6 Å². The summed E-state index contributed by atoms with van der Waals surface area (Å²) in [6.07, 6.45) is 0. The van der Waals surface area contributed by atoms with E-state index in [-0.39, 0.29) is 16.6 Å². The molecule has 3 N–H and O–H groups in total. The molecule has 0 spiro atoms. The van der Waals surface area contributed by atoms with Crippen molar-refractivity contribution in [2.45, 2.75) is 40.6 Å². The molecule has 3 rings (SSSR count). The van der Waals surface area contributed by atoms with Crippen LogP contribution in [0.2, 0.25) is 0 Å². The molecule has 0 aliphatic carbocycles. The number of halogens is 1. The van der Waals surface area contributed by atoms with Gasteiger partial charge in [-0.1, -0.05) is 74.4 Å². The van der Waals surface area contributed by atoms with Gasteiger partial charge < -0.3 is 10.0 Å². The molecule has 3 aromatic carbocycles. The van der Waals surface area contributed by atoms with E-state index in [2.05, 4.69) is 5.43 Å². The number of carbonyl (C=O) groups excluding carboxylic acids is 2. The third-order valence-electron chi connectivity index (χ3n) is 5.49. The van der Waals surface area contributed by atoms with Crippen LogP contribution >= 0.6 is 0 Å². The van der Waals surface area contributed by atoms with Crippen molar-refractivity contribution in [2.24, 2.45) is 5.41 Å². The molecule has 2 amide bonds. The predicted octanol–water partition coefficient (Wildman–Crippen LogP) is 3.70. The van der Waals surface area contributed by atoms with E-state index in [0.29, 0.717) is 11.1 Å². The van der Waals surface area contributed by atoms with Crippen LogP contribution < -0.4 is 10.9 Å². The van der Waals surface area contributed by atoms with Crippen LogP contribution in [0.5, 0.6) is 0 Å². The van der Waals surface area contributed by atoms with Crippen molar-refractivity contribution >= 4 is 24.4 Å². The Morgan fingerprint density at radius 2 is 1.69 bits per heavy atom. The second-order valence-corrected chi connectivity index (χ2v) is 9.50. The van der Waals surface area contributed by atoms with Crippen LogP contribution in [0.4, 0.5) is 4.39 Å². The number of nitrogens with one attached hydrogen (secondary N) is 1. The van der Waals surface area contributed by atoms with Gasteiger partial charge in [0.15, 0.2) is 0 Å². The molecule has 0 radical (unpaired) electrons. The molecule has 0 aromatic heterocycles. The average molecular weight is 479 g/mol. The molecule has 0 bridgehead atoms. The first-order valence-corrected chi connectivity index (χ1v) is 11.1. The second-order valence-electron chi connectivity index (χ2n) is 9.50. The molecule has 0 saturated heterocycles. The summed E-state index contributed by atoms with van der Waals surface area (Å²) in [5, 5.41) is 19.7. The van der Waals surface area contributed by atoms with Gasteiger partial charge in [-0.2, -0.15) is 0 Å². The molecule has 0 saturated carbocycles. The second kappa shape index (κ2) is 10.4. The first-order chi connectivity index (χ1) is 17.6. The van der Waals surface area contributed by atoms with Crippen molar-refractivity contribution in [3.8, 4) is 0 Å². The average Bonchev–Trinajstić information content (AvgIpc) is 2.81. The van der Waals surface area contributed by atoms with Crippen molar-refractivity contribution in [1.29, 1.82) is 0 Å². The molecule has 182 valence electrons. The third kappa shape index (κ3) is 6.15. The van der Waals surface area contributed by atoms with Gasteiger partial charge in [-0.3, -0.25) is 15.0 Å². The van der Waals surface area contributed by atoms with Crippen molar-refractivity contribution in [2.75, 3.05) is 0 Å². The van der Waals surface area contributed by atoms with Crippen molar-refractivity contribution in [1.82, 2.24) is 10.4 Å². The first kappa shape index (κ1) is 22.0. The summed E-state index contributed by atoms with van der Waals surface area (Å²) in [6, 6.07) is 15.6.